The summed E-state index contributed by atoms with van der Waals surface area (Å²) in [5.74, 6) is 1.63. The number of ether oxygens (including phenoxy) is 1. The third kappa shape index (κ3) is 5.73. The molecule has 4 aromatic rings. The van der Waals surface area contributed by atoms with Gasteiger partial charge in [0.2, 0.25) is 0 Å². The zero-order valence-corrected chi connectivity index (χ0v) is 19.9. The van der Waals surface area contributed by atoms with Gasteiger partial charge >= 0.3 is 0 Å². The predicted octanol–water partition coefficient (Wildman–Crippen LogP) is 5.11. The average molecular weight is 470 g/mol. The lowest BCUT2D eigenvalue weighted by molar-refractivity contribution is 0.102. The largest absolute Gasteiger partial charge is 0.457 e. The second-order valence-electron chi connectivity index (χ2n) is 8.10. The predicted molar refractivity (Wildman–Crippen MR) is 137 cm³/mol. The summed E-state index contributed by atoms with van der Waals surface area (Å²) in [4.78, 5) is 29.8. The number of hydrogen-bond acceptors (Lipinski definition) is 6. The maximum absolute atomic E-state index is 13.0. The van der Waals surface area contributed by atoms with Gasteiger partial charge in [0.05, 0.1) is 5.69 Å². The second kappa shape index (κ2) is 10.6. The van der Waals surface area contributed by atoms with E-state index in [0.29, 0.717) is 28.4 Å². The van der Waals surface area contributed by atoms with Crippen molar-refractivity contribution >= 4 is 17.4 Å². The molecule has 0 aliphatic heterocycles. The number of benzene rings is 2. The van der Waals surface area contributed by atoms with Crippen LogP contribution in [0.5, 0.6) is 11.5 Å². The first-order chi connectivity index (χ1) is 16.9. The minimum absolute atomic E-state index is 0.178. The number of amides is 1. The number of hydrogen-bond donors (Lipinski definition) is 2. The Kier molecular flexibility index (Phi) is 7.21. The molecule has 0 unspecified atom stereocenters. The molecule has 4 rings (SSSR count). The molecule has 0 bridgehead atoms. The van der Waals surface area contributed by atoms with Gasteiger partial charge in [-0.2, -0.15) is 9.78 Å². The van der Waals surface area contributed by atoms with Gasteiger partial charge in [0.25, 0.3) is 11.5 Å². The van der Waals surface area contributed by atoms with E-state index >= 15 is 0 Å². The fourth-order valence-electron chi connectivity index (χ4n) is 3.50. The molecule has 0 spiro atoms. The normalized spacial score (nSPS) is 10.6. The molecule has 2 N–H and O–H groups in total. The number of aryl methyl sites for hydroxylation is 2. The van der Waals surface area contributed by atoms with E-state index in [9.17, 15) is 9.59 Å². The van der Waals surface area contributed by atoms with E-state index in [1.807, 2.05) is 31.2 Å². The van der Waals surface area contributed by atoms with Gasteiger partial charge < -0.3 is 15.4 Å². The number of aromatic nitrogens is 3. The number of para-hydroxylation sites is 1. The van der Waals surface area contributed by atoms with Crippen LogP contribution in [0.2, 0.25) is 0 Å². The van der Waals surface area contributed by atoms with Crippen LogP contribution in [0.25, 0.3) is 5.69 Å². The van der Waals surface area contributed by atoms with Crippen molar-refractivity contribution in [3.05, 3.63) is 100 Å². The molecule has 8 nitrogen and oxygen atoms in total. The summed E-state index contributed by atoms with van der Waals surface area (Å²) in [5, 5.41) is 10.4. The lowest BCUT2D eigenvalue weighted by Gasteiger charge is -2.12. The summed E-state index contributed by atoms with van der Waals surface area (Å²) in [5.41, 5.74) is 2.49. The molecule has 0 saturated carbocycles. The molecule has 0 saturated heterocycles. The molecule has 0 aliphatic carbocycles. The van der Waals surface area contributed by atoms with Crippen LogP contribution in [0, 0.1) is 13.8 Å². The van der Waals surface area contributed by atoms with Gasteiger partial charge in [0, 0.05) is 30.6 Å². The molecule has 178 valence electrons. The van der Waals surface area contributed by atoms with Crippen LogP contribution in [0.1, 0.15) is 35.0 Å². The van der Waals surface area contributed by atoms with Crippen LogP contribution in [0.4, 0.5) is 11.5 Å². The minimum atomic E-state index is -0.403. The number of rotatable bonds is 8. The van der Waals surface area contributed by atoms with E-state index in [2.05, 4.69) is 27.6 Å². The third-order valence-corrected chi connectivity index (χ3v) is 5.32. The van der Waals surface area contributed by atoms with E-state index < -0.39 is 5.91 Å². The molecule has 8 heteroatoms. The van der Waals surface area contributed by atoms with E-state index in [1.54, 1.807) is 49.5 Å². The van der Waals surface area contributed by atoms with Gasteiger partial charge in [0.15, 0.2) is 5.69 Å². The van der Waals surface area contributed by atoms with Crippen LogP contribution in [0.3, 0.4) is 0 Å². The summed E-state index contributed by atoms with van der Waals surface area (Å²) in [6.07, 6.45) is 2.69. The lowest BCUT2D eigenvalue weighted by Crippen LogP contribution is -2.27. The Hall–Kier alpha value is -4.46. The van der Waals surface area contributed by atoms with Crippen molar-refractivity contribution in [1.82, 2.24) is 14.8 Å². The SMILES string of the molecule is CCCNc1cc(Oc2ccc(NC(=O)c3nn(-c4ccccc4C)c(=O)cc3C)cc2)ccn1. The number of nitrogens with zero attached hydrogens (tertiary/aromatic N) is 3. The van der Waals surface area contributed by atoms with Gasteiger partial charge in [-0.15, -0.1) is 0 Å². The summed E-state index contributed by atoms with van der Waals surface area (Å²) in [6, 6.07) is 19.5. The van der Waals surface area contributed by atoms with Gasteiger partial charge in [-0.25, -0.2) is 4.98 Å². The van der Waals surface area contributed by atoms with E-state index in [1.165, 1.54) is 10.7 Å². The average Bonchev–Trinajstić information content (AvgIpc) is 2.85. The fraction of sp³-hybridized carbons (Fsp3) is 0.185. The molecular weight excluding hydrogens is 442 g/mol. The Morgan fingerprint density at radius 1 is 0.971 bits per heavy atom. The van der Waals surface area contributed by atoms with Crippen molar-refractivity contribution in [2.24, 2.45) is 0 Å². The highest BCUT2D eigenvalue weighted by atomic mass is 16.5. The molecule has 0 aliphatic rings. The van der Waals surface area contributed by atoms with E-state index in [0.717, 1.165) is 24.3 Å². The standard InChI is InChI=1S/C27H27N5O3/c1-4-14-28-24-17-22(13-15-29-24)35-21-11-9-20(10-12-21)30-27(34)26-19(3)16-25(33)32(31-26)23-8-6-5-7-18(23)2/h5-13,15-17H,4,14H2,1-3H3,(H,28,29)(H,30,34). The monoisotopic (exact) mass is 469 g/mol. The van der Waals surface area contributed by atoms with Gasteiger partial charge in [-0.05, 0) is 67.8 Å². The molecule has 2 aromatic heterocycles. The van der Waals surface area contributed by atoms with Gasteiger partial charge in [0.1, 0.15) is 17.3 Å². The highest BCUT2D eigenvalue weighted by molar-refractivity contribution is 6.03. The van der Waals surface area contributed by atoms with Crippen molar-refractivity contribution in [2.75, 3.05) is 17.2 Å². The molecular formula is C27H27N5O3. The first-order valence-corrected chi connectivity index (χ1v) is 11.4. The Bertz CT molecular complexity index is 1400. The zero-order chi connectivity index (χ0) is 24.8. The van der Waals surface area contributed by atoms with Crippen molar-refractivity contribution in [3.8, 4) is 17.2 Å². The number of carbonyl (C=O) groups is 1. The Labute approximate surface area is 203 Å². The van der Waals surface area contributed by atoms with Crippen molar-refractivity contribution in [1.29, 1.82) is 0 Å². The molecule has 1 amide bonds. The van der Waals surface area contributed by atoms with Crippen LogP contribution in [-0.4, -0.2) is 27.2 Å². The maximum atomic E-state index is 13.0. The second-order valence-corrected chi connectivity index (χ2v) is 8.10. The minimum Gasteiger partial charge on any atom is -0.457 e. The molecule has 0 atom stereocenters. The van der Waals surface area contributed by atoms with E-state index in [-0.39, 0.29) is 11.3 Å². The Morgan fingerprint density at radius 2 is 1.74 bits per heavy atom. The van der Waals surface area contributed by atoms with Gasteiger partial charge in [-0.1, -0.05) is 25.1 Å². The molecule has 2 heterocycles. The quantitative estimate of drug-likeness (QED) is 0.372. The lowest BCUT2D eigenvalue weighted by atomic mass is 10.2. The van der Waals surface area contributed by atoms with Crippen LogP contribution in [0.15, 0.2) is 77.7 Å². The summed E-state index contributed by atoms with van der Waals surface area (Å²) >= 11 is 0. The van der Waals surface area contributed by atoms with Crippen LogP contribution in [-0.2, 0) is 0 Å². The number of carbonyl (C=O) groups excluding carboxylic acids is 1. The number of nitrogens with one attached hydrogen (secondary N) is 2. The molecule has 2 aromatic carbocycles. The first kappa shape index (κ1) is 23.7. The molecule has 35 heavy (non-hydrogen) atoms. The van der Waals surface area contributed by atoms with E-state index in [4.69, 9.17) is 4.74 Å². The van der Waals surface area contributed by atoms with Crippen LogP contribution >= 0.6 is 0 Å². The fourth-order valence-corrected chi connectivity index (χ4v) is 3.50. The Morgan fingerprint density at radius 3 is 2.49 bits per heavy atom. The topological polar surface area (TPSA) is 98.1 Å². The summed E-state index contributed by atoms with van der Waals surface area (Å²) in [6.45, 7) is 6.51. The first-order valence-electron chi connectivity index (χ1n) is 11.4. The van der Waals surface area contributed by atoms with Crippen molar-refractivity contribution < 1.29 is 9.53 Å². The molecule has 0 fully saturated rings. The summed E-state index contributed by atoms with van der Waals surface area (Å²) < 4.78 is 7.17. The number of pyridine rings is 1. The number of anilines is 2. The highest BCUT2D eigenvalue weighted by Crippen LogP contribution is 2.24. The Balaban J connectivity index is 1.49. The smallest absolute Gasteiger partial charge is 0.276 e. The third-order valence-electron chi connectivity index (χ3n) is 5.32. The highest BCUT2D eigenvalue weighted by Gasteiger charge is 2.16. The summed E-state index contributed by atoms with van der Waals surface area (Å²) in [7, 11) is 0. The zero-order valence-electron chi connectivity index (χ0n) is 19.9. The molecule has 0 radical (unpaired) electrons. The van der Waals surface area contributed by atoms with Crippen molar-refractivity contribution in [3.63, 3.8) is 0 Å². The van der Waals surface area contributed by atoms with Gasteiger partial charge in [-0.3, -0.25) is 9.59 Å². The van der Waals surface area contributed by atoms with Crippen LogP contribution < -0.4 is 20.9 Å². The van der Waals surface area contributed by atoms with Crippen molar-refractivity contribution in [2.45, 2.75) is 27.2 Å². The maximum Gasteiger partial charge on any atom is 0.276 e.